The molecule has 0 aliphatic carbocycles. The van der Waals surface area contributed by atoms with Crippen molar-refractivity contribution in [3.63, 3.8) is 0 Å². The molecule has 0 fully saturated rings. The van der Waals surface area contributed by atoms with Gasteiger partial charge in [0.25, 0.3) is 0 Å². The summed E-state index contributed by atoms with van der Waals surface area (Å²) in [4.78, 5) is 11.7. The Hall–Kier alpha value is -2.55. The number of carbonyl (C=O) groups excluding carboxylic acids is 1. The third-order valence-corrected chi connectivity index (χ3v) is 2.73. The number of rotatable bonds is 6. The predicted molar refractivity (Wildman–Crippen MR) is 83.3 cm³/mol. The summed E-state index contributed by atoms with van der Waals surface area (Å²) in [5.41, 5.74) is 0.920. The monoisotopic (exact) mass is 282 g/mol. The molecule has 0 unspecified atom stereocenters. The SMILES string of the molecule is CCCOc1ccc(/C=C/C(=O)Oc2ccccc2)cc1. The first-order valence-electron chi connectivity index (χ1n) is 6.96. The van der Waals surface area contributed by atoms with Crippen LogP contribution in [0.3, 0.4) is 0 Å². The molecule has 3 nitrogen and oxygen atoms in total. The van der Waals surface area contributed by atoms with E-state index in [1.807, 2.05) is 42.5 Å². The van der Waals surface area contributed by atoms with Crippen LogP contribution < -0.4 is 9.47 Å². The van der Waals surface area contributed by atoms with Gasteiger partial charge in [0.05, 0.1) is 6.61 Å². The molecule has 0 heterocycles. The Balaban J connectivity index is 1.89. The van der Waals surface area contributed by atoms with Crippen molar-refractivity contribution in [3.05, 3.63) is 66.2 Å². The second kappa shape index (κ2) is 7.90. The summed E-state index contributed by atoms with van der Waals surface area (Å²) in [5, 5.41) is 0. The minimum absolute atomic E-state index is 0.396. The van der Waals surface area contributed by atoms with Crippen molar-refractivity contribution in [1.29, 1.82) is 0 Å². The topological polar surface area (TPSA) is 35.5 Å². The van der Waals surface area contributed by atoms with E-state index < -0.39 is 5.97 Å². The van der Waals surface area contributed by atoms with E-state index in [0.717, 1.165) is 17.7 Å². The Morgan fingerprint density at radius 1 is 1.00 bits per heavy atom. The quantitative estimate of drug-likeness (QED) is 0.454. The lowest BCUT2D eigenvalue weighted by Gasteiger charge is -2.04. The van der Waals surface area contributed by atoms with E-state index in [1.165, 1.54) is 6.08 Å². The van der Waals surface area contributed by atoms with Crippen LogP contribution in [0.25, 0.3) is 6.08 Å². The van der Waals surface area contributed by atoms with Gasteiger partial charge in [-0.3, -0.25) is 0 Å². The van der Waals surface area contributed by atoms with E-state index in [2.05, 4.69) is 6.92 Å². The summed E-state index contributed by atoms with van der Waals surface area (Å²) in [6, 6.07) is 16.6. The zero-order valence-electron chi connectivity index (χ0n) is 12.0. The van der Waals surface area contributed by atoms with Gasteiger partial charge >= 0.3 is 5.97 Å². The van der Waals surface area contributed by atoms with E-state index in [1.54, 1.807) is 18.2 Å². The van der Waals surface area contributed by atoms with Gasteiger partial charge in [-0.2, -0.15) is 0 Å². The fourth-order valence-electron chi connectivity index (χ4n) is 1.70. The van der Waals surface area contributed by atoms with Crippen molar-refractivity contribution in [2.45, 2.75) is 13.3 Å². The van der Waals surface area contributed by atoms with Crippen molar-refractivity contribution in [1.82, 2.24) is 0 Å². The predicted octanol–water partition coefficient (Wildman–Crippen LogP) is 4.09. The lowest BCUT2D eigenvalue weighted by atomic mass is 10.2. The highest BCUT2D eigenvalue weighted by Gasteiger charge is 1.99. The van der Waals surface area contributed by atoms with Crippen molar-refractivity contribution < 1.29 is 14.3 Å². The second-order valence-corrected chi connectivity index (χ2v) is 4.48. The molecule has 2 rings (SSSR count). The first-order valence-corrected chi connectivity index (χ1v) is 6.96. The molecule has 0 N–H and O–H groups in total. The van der Waals surface area contributed by atoms with Gasteiger partial charge < -0.3 is 9.47 Å². The van der Waals surface area contributed by atoms with Crippen LogP contribution in [0, 0.1) is 0 Å². The molecule has 2 aromatic rings. The lowest BCUT2D eigenvalue weighted by molar-refractivity contribution is -0.128. The van der Waals surface area contributed by atoms with Crippen LogP contribution in [0.2, 0.25) is 0 Å². The molecule has 0 saturated carbocycles. The van der Waals surface area contributed by atoms with Gasteiger partial charge in [0, 0.05) is 6.08 Å². The summed E-state index contributed by atoms with van der Waals surface area (Å²) >= 11 is 0. The summed E-state index contributed by atoms with van der Waals surface area (Å²) < 4.78 is 10.7. The van der Waals surface area contributed by atoms with Crippen LogP contribution >= 0.6 is 0 Å². The van der Waals surface area contributed by atoms with E-state index >= 15 is 0 Å². The number of ether oxygens (including phenoxy) is 2. The smallest absolute Gasteiger partial charge is 0.336 e. The first kappa shape index (κ1) is 14.9. The fraction of sp³-hybridized carbons (Fsp3) is 0.167. The van der Waals surface area contributed by atoms with Crippen LogP contribution in [0.1, 0.15) is 18.9 Å². The third-order valence-electron chi connectivity index (χ3n) is 2.73. The number of hydrogen-bond donors (Lipinski definition) is 0. The van der Waals surface area contributed by atoms with E-state index in [4.69, 9.17) is 9.47 Å². The Kier molecular flexibility index (Phi) is 5.59. The molecular weight excluding hydrogens is 264 g/mol. The molecule has 108 valence electrons. The molecule has 3 heteroatoms. The molecule has 0 bridgehead atoms. The van der Waals surface area contributed by atoms with Gasteiger partial charge in [-0.05, 0) is 42.3 Å². The maximum Gasteiger partial charge on any atom is 0.336 e. The molecule has 0 atom stereocenters. The van der Waals surface area contributed by atoms with E-state index in [-0.39, 0.29) is 0 Å². The lowest BCUT2D eigenvalue weighted by Crippen LogP contribution is -2.03. The van der Waals surface area contributed by atoms with Crippen LogP contribution in [0.4, 0.5) is 0 Å². The highest BCUT2D eigenvalue weighted by atomic mass is 16.5. The average Bonchev–Trinajstić information content (AvgIpc) is 2.53. The Morgan fingerprint density at radius 2 is 1.71 bits per heavy atom. The largest absolute Gasteiger partial charge is 0.494 e. The minimum atomic E-state index is -0.396. The van der Waals surface area contributed by atoms with Crippen LogP contribution in [0.15, 0.2) is 60.7 Å². The number of benzene rings is 2. The van der Waals surface area contributed by atoms with E-state index in [9.17, 15) is 4.79 Å². The molecule has 0 amide bonds. The molecule has 0 saturated heterocycles. The van der Waals surface area contributed by atoms with Gasteiger partial charge in [0.2, 0.25) is 0 Å². The number of para-hydroxylation sites is 1. The van der Waals surface area contributed by atoms with Crippen LogP contribution in [-0.4, -0.2) is 12.6 Å². The normalized spacial score (nSPS) is 10.5. The molecule has 21 heavy (non-hydrogen) atoms. The number of carbonyl (C=O) groups is 1. The minimum Gasteiger partial charge on any atom is -0.494 e. The Morgan fingerprint density at radius 3 is 2.38 bits per heavy atom. The summed E-state index contributed by atoms with van der Waals surface area (Å²) in [6.45, 7) is 2.77. The first-order chi connectivity index (χ1) is 10.3. The summed E-state index contributed by atoms with van der Waals surface area (Å²) in [5.74, 6) is 0.976. The number of hydrogen-bond acceptors (Lipinski definition) is 3. The standard InChI is InChI=1S/C18H18O3/c1-2-14-20-16-11-8-15(9-12-16)10-13-18(19)21-17-6-4-3-5-7-17/h3-13H,2,14H2,1H3/b13-10+. The van der Waals surface area contributed by atoms with Gasteiger partial charge in [0.1, 0.15) is 11.5 Å². The third kappa shape index (κ3) is 5.15. The summed E-state index contributed by atoms with van der Waals surface area (Å²) in [6.07, 6.45) is 4.11. The van der Waals surface area contributed by atoms with Gasteiger partial charge in [-0.25, -0.2) is 4.79 Å². The Bertz CT molecular complexity index is 586. The van der Waals surface area contributed by atoms with Gasteiger partial charge in [-0.1, -0.05) is 37.3 Å². The van der Waals surface area contributed by atoms with Crippen molar-refractivity contribution in [2.24, 2.45) is 0 Å². The van der Waals surface area contributed by atoms with Crippen LogP contribution in [-0.2, 0) is 4.79 Å². The molecule has 0 aromatic heterocycles. The fourth-order valence-corrected chi connectivity index (χ4v) is 1.70. The van der Waals surface area contributed by atoms with Crippen molar-refractivity contribution in [2.75, 3.05) is 6.61 Å². The average molecular weight is 282 g/mol. The second-order valence-electron chi connectivity index (χ2n) is 4.48. The Labute approximate surface area is 124 Å². The summed E-state index contributed by atoms with van der Waals surface area (Å²) in [7, 11) is 0. The van der Waals surface area contributed by atoms with Crippen molar-refractivity contribution >= 4 is 12.0 Å². The maximum absolute atomic E-state index is 11.7. The maximum atomic E-state index is 11.7. The zero-order chi connectivity index (χ0) is 14.9. The molecule has 2 aromatic carbocycles. The van der Waals surface area contributed by atoms with E-state index in [0.29, 0.717) is 12.4 Å². The molecule has 0 aliphatic heterocycles. The molecule has 0 aliphatic rings. The highest BCUT2D eigenvalue weighted by Crippen LogP contribution is 2.14. The van der Waals surface area contributed by atoms with Crippen LogP contribution in [0.5, 0.6) is 11.5 Å². The molecule has 0 radical (unpaired) electrons. The zero-order valence-corrected chi connectivity index (χ0v) is 12.0. The van der Waals surface area contributed by atoms with Gasteiger partial charge in [-0.15, -0.1) is 0 Å². The van der Waals surface area contributed by atoms with Crippen molar-refractivity contribution in [3.8, 4) is 11.5 Å². The highest BCUT2D eigenvalue weighted by molar-refractivity contribution is 5.88. The van der Waals surface area contributed by atoms with Gasteiger partial charge in [0.15, 0.2) is 0 Å². The molecular formula is C18H18O3. The number of esters is 1. The molecule has 0 spiro atoms.